The second kappa shape index (κ2) is 6.09. The SMILES string of the molecule is COc1cc(NCc2ccccc2F)cc(OC)c1. The van der Waals surface area contributed by atoms with Crippen LogP contribution in [0.1, 0.15) is 5.56 Å². The summed E-state index contributed by atoms with van der Waals surface area (Å²) in [6.45, 7) is 0.406. The summed E-state index contributed by atoms with van der Waals surface area (Å²) in [6, 6.07) is 12.1. The molecule has 0 spiro atoms. The van der Waals surface area contributed by atoms with Gasteiger partial charge in [0, 0.05) is 36.0 Å². The quantitative estimate of drug-likeness (QED) is 0.894. The molecular weight excluding hydrogens is 245 g/mol. The van der Waals surface area contributed by atoms with Crippen molar-refractivity contribution in [1.82, 2.24) is 0 Å². The minimum absolute atomic E-state index is 0.218. The predicted molar refractivity (Wildman–Crippen MR) is 73.3 cm³/mol. The molecule has 0 aliphatic heterocycles. The molecule has 0 radical (unpaired) electrons. The van der Waals surface area contributed by atoms with Crippen molar-refractivity contribution in [2.75, 3.05) is 19.5 Å². The molecule has 2 aromatic carbocycles. The molecule has 3 nitrogen and oxygen atoms in total. The van der Waals surface area contributed by atoms with Crippen molar-refractivity contribution in [2.24, 2.45) is 0 Å². The van der Waals surface area contributed by atoms with E-state index in [0.29, 0.717) is 23.6 Å². The number of benzene rings is 2. The van der Waals surface area contributed by atoms with Gasteiger partial charge in [-0.05, 0) is 6.07 Å². The van der Waals surface area contributed by atoms with Crippen LogP contribution >= 0.6 is 0 Å². The maximum absolute atomic E-state index is 13.5. The largest absolute Gasteiger partial charge is 0.497 e. The lowest BCUT2D eigenvalue weighted by atomic mass is 10.2. The van der Waals surface area contributed by atoms with Crippen LogP contribution in [0.15, 0.2) is 42.5 Å². The Kier molecular flexibility index (Phi) is 4.23. The standard InChI is InChI=1S/C15H16FNO2/c1-18-13-7-12(8-14(9-13)19-2)17-10-11-5-3-4-6-15(11)16/h3-9,17H,10H2,1-2H3. The molecule has 0 atom stereocenters. The van der Waals surface area contributed by atoms with Crippen LogP contribution in [-0.2, 0) is 6.54 Å². The first-order chi connectivity index (χ1) is 9.22. The molecule has 2 aromatic rings. The van der Waals surface area contributed by atoms with Crippen molar-refractivity contribution in [1.29, 1.82) is 0 Å². The van der Waals surface area contributed by atoms with Gasteiger partial charge < -0.3 is 14.8 Å². The molecule has 0 fully saturated rings. The van der Waals surface area contributed by atoms with Gasteiger partial charge in [-0.2, -0.15) is 0 Å². The van der Waals surface area contributed by atoms with Crippen molar-refractivity contribution in [3.8, 4) is 11.5 Å². The maximum atomic E-state index is 13.5. The van der Waals surface area contributed by atoms with Crippen LogP contribution < -0.4 is 14.8 Å². The highest BCUT2D eigenvalue weighted by Gasteiger charge is 2.03. The van der Waals surface area contributed by atoms with Gasteiger partial charge in [-0.3, -0.25) is 0 Å². The number of halogens is 1. The number of nitrogens with one attached hydrogen (secondary N) is 1. The average molecular weight is 261 g/mol. The summed E-state index contributed by atoms with van der Waals surface area (Å²) in [5, 5.41) is 3.15. The van der Waals surface area contributed by atoms with E-state index in [0.717, 1.165) is 5.69 Å². The smallest absolute Gasteiger partial charge is 0.128 e. The highest BCUT2D eigenvalue weighted by atomic mass is 19.1. The fraction of sp³-hybridized carbons (Fsp3) is 0.200. The normalized spacial score (nSPS) is 10.1. The van der Waals surface area contributed by atoms with E-state index < -0.39 is 0 Å². The fourth-order valence-electron chi connectivity index (χ4n) is 1.75. The number of ether oxygens (including phenoxy) is 2. The van der Waals surface area contributed by atoms with E-state index in [9.17, 15) is 4.39 Å². The summed E-state index contributed by atoms with van der Waals surface area (Å²) in [5.41, 5.74) is 1.43. The van der Waals surface area contributed by atoms with Crippen LogP contribution in [0.4, 0.5) is 10.1 Å². The van der Waals surface area contributed by atoms with Gasteiger partial charge >= 0.3 is 0 Å². The summed E-state index contributed by atoms with van der Waals surface area (Å²) in [5.74, 6) is 1.16. The Bertz CT molecular complexity index is 535. The van der Waals surface area contributed by atoms with E-state index in [1.54, 1.807) is 32.4 Å². The summed E-state index contributed by atoms with van der Waals surface area (Å²) in [6.07, 6.45) is 0. The Balaban J connectivity index is 2.13. The zero-order chi connectivity index (χ0) is 13.7. The van der Waals surface area contributed by atoms with Gasteiger partial charge in [0.05, 0.1) is 14.2 Å². The van der Waals surface area contributed by atoms with E-state index in [1.807, 2.05) is 18.2 Å². The molecule has 1 N–H and O–H groups in total. The first-order valence-electron chi connectivity index (χ1n) is 5.93. The zero-order valence-electron chi connectivity index (χ0n) is 10.9. The first kappa shape index (κ1) is 13.2. The van der Waals surface area contributed by atoms with Crippen LogP contribution in [0.5, 0.6) is 11.5 Å². The molecule has 0 heterocycles. The van der Waals surface area contributed by atoms with Crippen molar-refractivity contribution in [2.45, 2.75) is 6.54 Å². The topological polar surface area (TPSA) is 30.5 Å². The Morgan fingerprint density at radius 3 is 2.21 bits per heavy atom. The third-order valence-electron chi connectivity index (χ3n) is 2.79. The number of rotatable bonds is 5. The van der Waals surface area contributed by atoms with E-state index in [1.165, 1.54) is 6.07 Å². The molecule has 0 bridgehead atoms. The zero-order valence-corrected chi connectivity index (χ0v) is 10.9. The second-order valence-corrected chi connectivity index (χ2v) is 4.05. The monoisotopic (exact) mass is 261 g/mol. The molecule has 100 valence electrons. The van der Waals surface area contributed by atoms with Gasteiger partial charge in [-0.1, -0.05) is 18.2 Å². The molecule has 19 heavy (non-hydrogen) atoms. The highest BCUT2D eigenvalue weighted by Crippen LogP contribution is 2.26. The molecule has 0 unspecified atom stereocenters. The Labute approximate surface area is 112 Å². The van der Waals surface area contributed by atoms with Gasteiger partial charge in [-0.15, -0.1) is 0 Å². The van der Waals surface area contributed by atoms with E-state index in [2.05, 4.69) is 5.32 Å². The third-order valence-corrected chi connectivity index (χ3v) is 2.79. The van der Waals surface area contributed by atoms with Crippen LogP contribution in [0, 0.1) is 5.82 Å². The summed E-state index contributed by atoms with van der Waals surface area (Å²) >= 11 is 0. The Hall–Kier alpha value is -2.23. The molecule has 0 saturated heterocycles. The van der Waals surface area contributed by atoms with Crippen LogP contribution in [0.25, 0.3) is 0 Å². The second-order valence-electron chi connectivity index (χ2n) is 4.05. The third kappa shape index (κ3) is 3.37. The maximum Gasteiger partial charge on any atom is 0.128 e. The van der Waals surface area contributed by atoms with Gasteiger partial charge in [0.2, 0.25) is 0 Å². The molecule has 4 heteroatoms. The van der Waals surface area contributed by atoms with Crippen LogP contribution in [0.3, 0.4) is 0 Å². The van der Waals surface area contributed by atoms with Crippen molar-refractivity contribution in [3.05, 3.63) is 53.8 Å². The lowest BCUT2D eigenvalue weighted by molar-refractivity contribution is 0.394. The predicted octanol–water partition coefficient (Wildman–Crippen LogP) is 3.46. The summed E-state index contributed by atoms with van der Waals surface area (Å²) < 4.78 is 23.9. The Morgan fingerprint density at radius 2 is 1.63 bits per heavy atom. The van der Waals surface area contributed by atoms with Crippen molar-refractivity contribution < 1.29 is 13.9 Å². The lowest BCUT2D eigenvalue weighted by Crippen LogP contribution is -2.02. The Morgan fingerprint density at radius 1 is 1.00 bits per heavy atom. The van der Waals surface area contributed by atoms with Crippen molar-refractivity contribution >= 4 is 5.69 Å². The molecule has 2 rings (SSSR count). The summed E-state index contributed by atoms with van der Waals surface area (Å²) in [4.78, 5) is 0. The number of hydrogen-bond acceptors (Lipinski definition) is 3. The van der Waals surface area contributed by atoms with Gasteiger partial charge in [0.25, 0.3) is 0 Å². The minimum atomic E-state index is -0.218. The van der Waals surface area contributed by atoms with E-state index >= 15 is 0 Å². The molecule has 0 aromatic heterocycles. The summed E-state index contributed by atoms with van der Waals surface area (Å²) in [7, 11) is 3.19. The van der Waals surface area contributed by atoms with Gasteiger partial charge in [-0.25, -0.2) is 4.39 Å². The molecule has 0 saturated carbocycles. The van der Waals surface area contributed by atoms with Crippen LogP contribution in [-0.4, -0.2) is 14.2 Å². The van der Waals surface area contributed by atoms with E-state index in [4.69, 9.17) is 9.47 Å². The fourth-order valence-corrected chi connectivity index (χ4v) is 1.75. The minimum Gasteiger partial charge on any atom is -0.497 e. The molecule has 0 aliphatic carbocycles. The molecule has 0 aliphatic rings. The average Bonchev–Trinajstić information content (AvgIpc) is 2.46. The number of methoxy groups -OCH3 is 2. The number of hydrogen-bond donors (Lipinski definition) is 1. The highest BCUT2D eigenvalue weighted by molar-refractivity contribution is 5.54. The van der Waals surface area contributed by atoms with Gasteiger partial charge in [0.1, 0.15) is 17.3 Å². The first-order valence-corrected chi connectivity index (χ1v) is 5.93. The molecular formula is C15H16FNO2. The van der Waals surface area contributed by atoms with Gasteiger partial charge in [0.15, 0.2) is 0 Å². The van der Waals surface area contributed by atoms with Crippen LogP contribution in [0.2, 0.25) is 0 Å². The lowest BCUT2D eigenvalue weighted by Gasteiger charge is -2.11. The van der Waals surface area contributed by atoms with Crippen molar-refractivity contribution in [3.63, 3.8) is 0 Å². The number of anilines is 1. The molecule has 0 amide bonds. The van der Waals surface area contributed by atoms with E-state index in [-0.39, 0.29) is 5.82 Å².